The van der Waals surface area contributed by atoms with Gasteiger partial charge in [0.25, 0.3) is 5.91 Å². The fourth-order valence-corrected chi connectivity index (χ4v) is 0.924. The Morgan fingerprint density at radius 3 is 2.44 bits per heavy atom. The van der Waals surface area contributed by atoms with Crippen molar-refractivity contribution in [3.05, 3.63) is 11.1 Å². The highest BCUT2D eigenvalue weighted by atomic mass is 32.2. The van der Waals surface area contributed by atoms with Gasteiger partial charge in [-0.25, -0.2) is 0 Å². The third-order valence-corrected chi connectivity index (χ3v) is 1.60. The summed E-state index contributed by atoms with van der Waals surface area (Å²) in [5.74, 6) is -0.987. The van der Waals surface area contributed by atoms with Gasteiger partial charge in [0.05, 0.1) is 5.03 Å². The Morgan fingerprint density at radius 1 is 1.56 bits per heavy atom. The summed E-state index contributed by atoms with van der Waals surface area (Å²) in [7, 11) is 0. The maximum absolute atomic E-state index is 10.4. The number of carbonyl (C=O) groups is 2. The van der Waals surface area contributed by atoms with Gasteiger partial charge < -0.3 is 5.32 Å². The van der Waals surface area contributed by atoms with Crippen molar-refractivity contribution < 1.29 is 9.59 Å². The Morgan fingerprint density at radius 2 is 2.22 bits per heavy atom. The van der Waals surface area contributed by atoms with Gasteiger partial charge in [0.1, 0.15) is 0 Å². The molecule has 1 N–H and O–H groups in total. The van der Waals surface area contributed by atoms with Crippen LogP contribution in [0.25, 0.3) is 0 Å². The molecule has 0 aromatic carbocycles. The molecule has 0 radical (unpaired) electrons. The molecule has 48 valence electrons. The summed E-state index contributed by atoms with van der Waals surface area (Å²) in [5, 5.41) is 3.02. The highest BCUT2D eigenvalue weighted by molar-refractivity contribution is 8.02. The summed E-state index contributed by atoms with van der Waals surface area (Å²) in [6.07, 6.45) is 3.09. The topological polar surface area (TPSA) is 46.2 Å². The minimum Gasteiger partial charge on any atom is -0.314 e. The summed E-state index contributed by atoms with van der Waals surface area (Å²) < 4.78 is 0. The largest absolute Gasteiger partial charge is 0.314 e. The monoisotopic (exact) mass is 143 g/mol. The first-order chi connectivity index (χ1) is 4.24. The summed E-state index contributed by atoms with van der Waals surface area (Å²) >= 11 is 1.35. The number of amides is 1. The Balaban J connectivity index is 2.74. The van der Waals surface area contributed by atoms with Crippen molar-refractivity contribution in [3.8, 4) is 0 Å². The molecule has 1 heterocycles. The molecule has 1 aliphatic rings. The summed E-state index contributed by atoms with van der Waals surface area (Å²) in [5.41, 5.74) is 0. The standard InChI is InChI=1S/C5H5NO2S/c1-9-4-2-3(7)5(8)6-4/h2H,1H3,(H,6,7,8). The molecule has 3 nitrogen and oxygen atoms in total. The van der Waals surface area contributed by atoms with Crippen LogP contribution in [0.3, 0.4) is 0 Å². The molecule has 0 aliphatic carbocycles. The fourth-order valence-electron chi connectivity index (χ4n) is 0.504. The van der Waals surface area contributed by atoms with Gasteiger partial charge in [-0.1, -0.05) is 0 Å². The second-order valence-electron chi connectivity index (χ2n) is 1.53. The van der Waals surface area contributed by atoms with Gasteiger partial charge in [-0.05, 0) is 6.26 Å². The predicted octanol–water partition coefficient (Wildman–Crippen LogP) is -0.110. The van der Waals surface area contributed by atoms with Crippen LogP contribution in [0.2, 0.25) is 0 Å². The van der Waals surface area contributed by atoms with Crippen molar-refractivity contribution in [2.45, 2.75) is 0 Å². The van der Waals surface area contributed by atoms with Crippen LogP contribution in [0.5, 0.6) is 0 Å². The minimum atomic E-state index is -0.528. The molecule has 0 aromatic heterocycles. The number of carbonyl (C=O) groups excluding carboxylic acids is 2. The molecule has 0 spiro atoms. The second-order valence-corrected chi connectivity index (χ2v) is 2.38. The Labute approximate surface area is 56.5 Å². The van der Waals surface area contributed by atoms with Crippen LogP contribution in [0.4, 0.5) is 0 Å². The van der Waals surface area contributed by atoms with Crippen LogP contribution in [0, 0.1) is 0 Å². The lowest BCUT2D eigenvalue weighted by atomic mass is 10.4. The minimum absolute atomic E-state index is 0.459. The van der Waals surface area contributed by atoms with E-state index >= 15 is 0 Å². The van der Waals surface area contributed by atoms with Crippen molar-refractivity contribution in [1.29, 1.82) is 0 Å². The third kappa shape index (κ3) is 1.13. The Bertz CT molecular complexity index is 197. The number of ketones is 1. The molecule has 0 aromatic rings. The first-order valence-electron chi connectivity index (χ1n) is 2.35. The van der Waals surface area contributed by atoms with Gasteiger partial charge >= 0.3 is 0 Å². The van der Waals surface area contributed by atoms with Gasteiger partial charge in [-0.3, -0.25) is 9.59 Å². The lowest BCUT2D eigenvalue weighted by molar-refractivity contribution is -0.133. The van der Waals surface area contributed by atoms with Crippen molar-refractivity contribution in [2.24, 2.45) is 0 Å². The molecular weight excluding hydrogens is 138 g/mol. The number of hydrogen-bond acceptors (Lipinski definition) is 3. The molecule has 0 saturated carbocycles. The molecule has 1 aliphatic heterocycles. The predicted molar refractivity (Wildman–Crippen MR) is 34.7 cm³/mol. The highest BCUT2D eigenvalue weighted by Crippen LogP contribution is 2.11. The Hall–Kier alpha value is -0.770. The van der Waals surface area contributed by atoms with E-state index in [1.807, 2.05) is 0 Å². The summed E-state index contributed by atoms with van der Waals surface area (Å²) in [6, 6.07) is 0. The molecule has 0 fully saturated rings. The lowest BCUT2D eigenvalue weighted by Crippen LogP contribution is -2.19. The molecule has 1 amide bonds. The van der Waals surface area contributed by atoms with E-state index in [0.717, 1.165) is 0 Å². The maximum Gasteiger partial charge on any atom is 0.296 e. The van der Waals surface area contributed by atoms with E-state index in [0.29, 0.717) is 5.03 Å². The van der Waals surface area contributed by atoms with Gasteiger partial charge in [-0.15, -0.1) is 11.8 Å². The summed E-state index contributed by atoms with van der Waals surface area (Å²) in [4.78, 5) is 20.9. The van der Waals surface area contributed by atoms with E-state index in [9.17, 15) is 9.59 Å². The van der Waals surface area contributed by atoms with E-state index in [2.05, 4.69) is 5.32 Å². The first kappa shape index (κ1) is 6.35. The normalized spacial score (nSPS) is 17.7. The molecular formula is C5H5NO2S. The highest BCUT2D eigenvalue weighted by Gasteiger charge is 2.19. The van der Waals surface area contributed by atoms with E-state index < -0.39 is 11.7 Å². The lowest BCUT2D eigenvalue weighted by Gasteiger charge is -1.91. The van der Waals surface area contributed by atoms with Crippen LogP contribution in [-0.2, 0) is 9.59 Å². The van der Waals surface area contributed by atoms with Crippen LogP contribution < -0.4 is 5.32 Å². The zero-order valence-corrected chi connectivity index (χ0v) is 5.62. The molecule has 0 atom stereocenters. The second kappa shape index (κ2) is 2.23. The van der Waals surface area contributed by atoms with Crippen molar-refractivity contribution in [1.82, 2.24) is 5.32 Å². The molecule has 0 unspecified atom stereocenters. The van der Waals surface area contributed by atoms with Gasteiger partial charge in [0.2, 0.25) is 5.78 Å². The van der Waals surface area contributed by atoms with Gasteiger partial charge in [0, 0.05) is 6.08 Å². The van der Waals surface area contributed by atoms with Crippen LogP contribution in [-0.4, -0.2) is 17.9 Å². The molecule has 0 bridgehead atoms. The van der Waals surface area contributed by atoms with Gasteiger partial charge in [-0.2, -0.15) is 0 Å². The molecule has 1 rings (SSSR count). The third-order valence-electron chi connectivity index (χ3n) is 0.943. The molecule has 4 heteroatoms. The van der Waals surface area contributed by atoms with Crippen LogP contribution in [0.1, 0.15) is 0 Å². The smallest absolute Gasteiger partial charge is 0.296 e. The average Bonchev–Trinajstić information content (AvgIpc) is 2.13. The number of rotatable bonds is 1. The SMILES string of the molecule is CSC1=CC(=O)C(=O)N1. The van der Waals surface area contributed by atoms with Crippen LogP contribution in [0.15, 0.2) is 11.1 Å². The van der Waals surface area contributed by atoms with Crippen LogP contribution >= 0.6 is 11.8 Å². The first-order valence-corrected chi connectivity index (χ1v) is 3.57. The van der Waals surface area contributed by atoms with Gasteiger partial charge in [0.15, 0.2) is 0 Å². The number of nitrogens with one attached hydrogen (secondary N) is 1. The van der Waals surface area contributed by atoms with E-state index in [1.165, 1.54) is 17.8 Å². The zero-order chi connectivity index (χ0) is 6.85. The maximum atomic E-state index is 10.4. The van der Waals surface area contributed by atoms with Crippen molar-refractivity contribution in [2.75, 3.05) is 6.26 Å². The number of hydrogen-bond donors (Lipinski definition) is 1. The van der Waals surface area contributed by atoms with E-state index in [4.69, 9.17) is 0 Å². The zero-order valence-electron chi connectivity index (χ0n) is 4.80. The number of thioether (sulfide) groups is 1. The van der Waals surface area contributed by atoms with Crippen molar-refractivity contribution in [3.63, 3.8) is 0 Å². The molecule has 9 heavy (non-hydrogen) atoms. The Kier molecular flexibility index (Phi) is 1.57. The molecule has 0 saturated heterocycles. The van der Waals surface area contributed by atoms with E-state index in [1.54, 1.807) is 6.26 Å². The van der Waals surface area contributed by atoms with E-state index in [-0.39, 0.29) is 0 Å². The van der Waals surface area contributed by atoms with Crippen molar-refractivity contribution >= 4 is 23.5 Å². The average molecular weight is 143 g/mol. The fraction of sp³-hybridized carbons (Fsp3) is 0.200. The quantitative estimate of drug-likeness (QED) is 0.521. The summed E-state index contributed by atoms with van der Waals surface area (Å²) in [6.45, 7) is 0.